The molecule has 66 heavy (non-hydrogen) atoms. The summed E-state index contributed by atoms with van der Waals surface area (Å²) in [5.41, 5.74) is 4.27. The summed E-state index contributed by atoms with van der Waals surface area (Å²) < 4.78 is 11.6. The van der Waals surface area contributed by atoms with E-state index in [-0.39, 0.29) is 76.6 Å². The van der Waals surface area contributed by atoms with Crippen molar-refractivity contribution < 1.29 is 43.3 Å². The third kappa shape index (κ3) is 10.9. The molecule has 5 saturated carbocycles. The van der Waals surface area contributed by atoms with Gasteiger partial charge in [0.2, 0.25) is 17.7 Å². The monoisotopic (exact) mass is 924 g/mol. The fraction of sp³-hybridized carbons (Fsp3) is 0.852. The predicted octanol–water partition coefficient (Wildman–Crippen LogP) is 10.00. The minimum Gasteiger partial charge on any atom is -0.481 e. The Morgan fingerprint density at radius 3 is 2.05 bits per heavy atom. The van der Waals surface area contributed by atoms with Crippen molar-refractivity contribution in [3.05, 3.63) is 12.2 Å². The minimum absolute atomic E-state index is 0.0216. The van der Waals surface area contributed by atoms with Crippen LogP contribution < -0.4 is 16.4 Å². The molecule has 0 aliphatic heterocycles. The fourth-order valence-corrected chi connectivity index (χ4v) is 15.0. The Kier molecular flexibility index (Phi) is 16.4. The average molecular weight is 924 g/mol. The third-order valence-corrected chi connectivity index (χ3v) is 18.7. The quantitative estimate of drug-likeness (QED) is 0.0523. The van der Waals surface area contributed by atoms with E-state index < -0.39 is 40.9 Å². The van der Waals surface area contributed by atoms with E-state index in [1.54, 1.807) is 34.6 Å². The Hall–Kier alpha value is -3.44. The first-order valence-electron chi connectivity index (χ1n) is 25.7. The summed E-state index contributed by atoms with van der Waals surface area (Å²) in [6.45, 7) is 28.1. The number of rotatable bonds is 20. The maximum Gasteiger partial charge on any atom is 0.329 e. The first kappa shape index (κ1) is 53.5. The normalized spacial score (nSPS) is 34.0. The van der Waals surface area contributed by atoms with E-state index in [0.29, 0.717) is 36.6 Å². The molecule has 5 rings (SSSR count). The van der Waals surface area contributed by atoms with Crippen molar-refractivity contribution in [2.24, 2.45) is 67.8 Å². The van der Waals surface area contributed by atoms with Crippen LogP contribution in [-0.2, 0) is 38.2 Å². The van der Waals surface area contributed by atoms with Crippen LogP contribution in [0.15, 0.2) is 12.2 Å². The van der Waals surface area contributed by atoms with Gasteiger partial charge >= 0.3 is 17.9 Å². The lowest BCUT2D eigenvalue weighted by Gasteiger charge is -2.72. The molecule has 5 fully saturated rings. The zero-order valence-electron chi connectivity index (χ0n) is 42.9. The molecule has 0 aromatic carbocycles. The van der Waals surface area contributed by atoms with Crippen LogP contribution in [-0.4, -0.2) is 65.0 Å². The fourth-order valence-electron chi connectivity index (χ4n) is 15.0. The van der Waals surface area contributed by atoms with Gasteiger partial charge in [0.05, 0.1) is 17.3 Å². The largest absolute Gasteiger partial charge is 0.481 e. The van der Waals surface area contributed by atoms with Gasteiger partial charge in [0, 0.05) is 24.8 Å². The molecule has 0 heterocycles. The molecule has 5 aliphatic rings. The molecular formula is C54H89N3O9. The molecule has 3 amide bonds. The Balaban J connectivity index is 1.15. The average Bonchev–Trinajstić information content (AvgIpc) is 3.60. The number of aliphatic carboxylic acids is 1. The van der Waals surface area contributed by atoms with Gasteiger partial charge in [-0.05, 0) is 171 Å². The highest BCUT2D eigenvalue weighted by molar-refractivity contribution is 5.86. The molecule has 374 valence electrons. The Bertz CT molecular complexity index is 1840. The predicted molar refractivity (Wildman–Crippen MR) is 256 cm³/mol. The number of carboxylic acids is 1. The van der Waals surface area contributed by atoms with Crippen LogP contribution in [0, 0.1) is 62.1 Å². The number of nitrogens with two attached hydrogens (primary N) is 1. The summed E-state index contributed by atoms with van der Waals surface area (Å²) in [6.07, 6.45) is 15.6. The van der Waals surface area contributed by atoms with Crippen LogP contribution in [0.5, 0.6) is 0 Å². The van der Waals surface area contributed by atoms with E-state index >= 15 is 0 Å². The first-order chi connectivity index (χ1) is 30.6. The number of carboxylic acid groups (broad SMARTS) is 1. The lowest BCUT2D eigenvalue weighted by Crippen LogP contribution is -2.67. The highest BCUT2D eigenvalue weighted by atomic mass is 16.6. The number of allylic oxidation sites excluding steroid dienone is 1. The number of amides is 3. The minimum atomic E-state index is -1.17. The number of hydrogen-bond acceptors (Lipinski definition) is 8. The molecule has 0 aromatic heterocycles. The number of fused-ring (bicyclic) bond motifs is 7. The zero-order chi connectivity index (χ0) is 49.3. The van der Waals surface area contributed by atoms with Gasteiger partial charge in [-0.1, -0.05) is 72.5 Å². The summed E-state index contributed by atoms with van der Waals surface area (Å²) in [6, 6.07) is -0.912. The molecule has 5 N–H and O–H groups in total. The summed E-state index contributed by atoms with van der Waals surface area (Å²) in [5.74, 6) is -0.566. The summed E-state index contributed by atoms with van der Waals surface area (Å²) in [5, 5.41) is 15.9. The molecule has 0 spiro atoms. The van der Waals surface area contributed by atoms with Gasteiger partial charge in [0.15, 0.2) is 0 Å². The van der Waals surface area contributed by atoms with Crippen molar-refractivity contribution in [2.75, 3.05) is 6.54 Å². The van der Waals surface area contributed by atoms with Crippen LogP contribution in [0.2, 0.25) is 0 Å². The number of unbranched alkanes of at least 4 members (excludes halogenated alkanes) is 5. The van der Waals surface area contributed by atoms with Crippen LogP contribution in [0.25, 0.3) is 0 Å². The highest BCUT2D eigenvalue weighted by Gasteiger charge is 2.72. The van der Waals surface area contributed by atoms with Crippen molar-refractivity contribution in [2.45, 2.75) is 222 Å². The van der Waals surface area contributed by atoms with Gasteiger partial charge in [-0.2, -0.15) is 0 Å². The van der Waals surface area contributed by atoms with Crippen molar-refractivity contribution in [1.29, 1.82) is 0 Å². The van der Waals surface area contributed by atoms with E-state index in [0.717, 1.165) is 96.3 Å². The van der Waals surface area contributed by atoms with E-state index in [4.69, 9.17) is 15.2 Å². The molecule has 5 aliphatic carbocycles. The molecule has 0 saturated heterocycles. The highest BCUT2D eigenvalue weighted by Crippen LogP contribution is 2.77. The van der Waals surface area contributed by atoms with E-state index in [1.165, 1.54) is 5.57 Å². The maximum atomic E-state index is 14.6. The Morgan fingerprint density at radius 2 is 1.42 bits per heavy atom. The lowest BCUT2D eigenvalue weighted by atomic mass is 9.32. The van der Waals surface area contributed by atoms with Gasteiger partial charge in [-0.25, -0.2) is 4.79 Å². The van der Waals surface area contributed by atoms with Gasteiger partial charge in [-0.3, -0.25) is 24.0 Å². The van der Waals surface area contributed by atoms with E-state index in [9.17, 15) is 33.9 Å². The van der Waals surface area contributed by atoms with Crippen molar-refractivity contribution in [3.8, 4) is 0 Å². The number of nitrogens with one attached hydrogen (secondary N) is 2. The van der Waals surface area contributed by atoms with Crippen LogP contribution in [0.4, 0.5) is 0 Å². The molecule has 0 unspecified atom stereocenters. The summed E-state index contributed by atoms with van der Waals surface area (Å²) in [7, 11) is 0. The maximum absolute atomic E-state index is 14.6. The van der Waals surface area contributed by atoms with Gasteiger partial charge in [-0.15, -0.1) is 0 Å². The molecular weight excluding hydrogens is 835 g/mol. The van der Waals surface area contributed by atoms with E-state index in [2.05, 4.69) is 58.8 Å². The first-order valence-corrected chi connectivity index (χ1v) is 25.7. The SMILES string of the molecule is C=C(C)[C@@H]1CC[C@]2(C(=O)NCCCCCCCCC(=O)N[C@@H](CCC(N)=O)C(=O)OC(C)(C)C)CC[C@]3(C)[C@H](CC[C@@H]4[C@@]5(C)CC[C@H](OC(=O)CC(C)(C)C(=O)O)C(C)(C)[C@@H]5CC[C@]43C)[C@@H]12. The summed E-state index contributed by atoms with van der Waals surface area (Å²) in [4.78, 5) is 76.3. The van der Waals surface area contributed by atoms with Gasteiger partial charge in [0.25, 0.3) is 0 Å². The standard InChI is InChI=1S/C54H89N3O9/c1-34(2)35-24-29-54(46(62)56-32-18-16-14-13-15-17-19-42(59)57-37(21-23-41(55)58)45(61)66-48(3,4)5)31-30-52(11)36(44(35)54)20-22-39-51(10)27-26-40(65-43(60)33-49(6,7)47(63)64)50(8,9)38(51)25-28-53(39,52)12/h35-40,44H,1,13-33H2,2-12H3,(H2,55,58)(H,56,62)(H,57,59)(H,63,64)/t35-,36+,37-,38-,39+,40-,44+,51-,52+,53+,54-/m0/s1. The molecule has 12 heteroatoms. The van der Waals surface area contributed by atoms with Gasteiger partial charge in [0.1, 0.15) is 17.7 Å². The van der Waals surface area contributed by atoms with Crippen LogP contribution >= 0.6 is 0 Å². The topological polar surface area (TPSA) is 191 Å². The lowest BCUT2D eigenvalue weighted by molar-refractivity contribution is -0.249. The number of carbonyl (C=O) groups excluding carboxylic acids is 5. The second-order valence-electron chi connectivity index (χ2n) is 24.8. The molecule has 12 nitrogen and oxygen atoms in total. The second kappa shape index (κ2) is 20.3. The number of hydrogen-bond donors (Lipinski definition) is 4. The van der Waals surface area contributed by atoms with Crippen LogP contribution in [0.1, 0.15) is 205 Å². The van der Waals surface area contributed by atoms with Gasteiger partial charge < -0.3 is 30.9 Å². The molecule has 11 atom stereocenters. The van der Waals surface area contributed by atoms with E-state index in [1.807, 2.05) is 0 Å². The smallest absolute Gasteiger partial charge is 0.329 e. The van der Waals surface area contributed by atoms with Crippen molar-refractivity contribution >= 4 is 35.6 Å². The molecule has 0 radical (unpaired) electrons. The number of ether oxygens (including phenoxy) is 2. The van der Waals surface area contributed by atoms with Crippen LogP contribution in [0.3, 0.4) is 0 Å². The van der Waals surface area contributed by atoms with Crippen molar-refractivity contribution in [1.82, 2.24) is 10.6 Å². The summed E-state index contributed by atoms with van der Waals surface area (Å²) >= 11 is 0. The van der Waals surface area contributed by atoms with Crippen molar-refractivity contribution in [3.63, 3.8) is 0 Å². The number of primary amides is 1. The molecule has 0 aromatic rings. The zero-order valence-corrected chi connectivity index (χ0v) is 42.9. The number of esters is 2. The Morgan fingerprint density at radius 1 is 0.773 bits per heavy atom. The third-order valence-electron chi connectivity index (χ3n) is 18.7. The second-order valence-corrected chi connectivity index (χ2v) is 24.8. The Labute approximate surface area is 397 Å². The molecule has 0 bridgehead atoms. The number of carbonyl (C=O) groups is 6.